The van der Waals surface area contributed by atoms with E-state index in [0.717, 1.165) is 12.1 Å². The van der Waals surface area contributed by atoms with E-state index in [0.29, 0.717) is 0 Å². The fraction of sp³-hybridized carbons (Fsp3) is 0.273. The van der Waals surface area contributed by atoms with Crippen molar-refractivity contribution in [3.05, 3.63) is 39.2 Å². The smallest absolute Gasteiger partial charge is 0.404 e. The first-order valence-electron chi connectivity index (χ1n) is 5.48. The number of carbonyl (C=O) groups excluding carboxylic acids is 2. The second-order valence-corrected chi connectivity index (χ2v) is 3.80. The van der Waals surface area contributed by atoms with Gasteiger partial charge in [0, 0.05) is 12.1 Å². The lowest BCUT2D eigenvalue weighted by atomic mass is 10.1. The number of nitrogens with zero attached hydrogens (tertiary/aromatic N) is 1. The van der Waals surface area contributed by atoms with Gasteiger partial charge in [-0.3, -0.25) is 14.9 Å². The molecule has 108 valence electrons. The van der Waals surface area contributed by atoms with E-state index in [1.807, 2.05) is 0 Å². The Bertz CT molecular complexity index is 561. The minimum atomic E-state index is -1.00. The molecule has 0 atom stereocenters. The molecule has 0 saturated heterocycles. The van der Waals surface area contributed by atoms with E-state index in [2.05, 4.69) is 10.1 Å². The van der Waals surface area contributed by atoms with Crippen molar-refractivity contribution in [2.45, 2.75) is 6.92 Å². The van der Waals surface area contributed by atoms with E-state index in [9.17, 15) is 24.1 Å². The van der Waals surface area contributed by atoms with Gasteiger partial charge in [0.25, 0.3) is 11.6 Å². The van der Waals surface area contributed by atoms with E-state index in [4.69, 9.17) is 5.73 Å². The lowest BCUT2D eigenvalue weighted by Gasteiger charge is -2.07. The maximum atomic E-state index is 13.7. The van der Waals surface area contributed by atoms with Gasteiger partial charge in [-0.05, 0) is 12.5 Å². The molecule has 0 aliphatic rings. The van der Waals surface area contributed by atoms with E-state index >= 15 is 0 Å². The minimum Gasteiger partial charge on any atom is -0.448 e. The average Bonchev–Trinajstić information content (AvgIpc) is 2.36. The van der Waals surface area contributed by atoms with Crippen molar-refractivity contribution in [1.29, 1.82) is 0 Å². The van der Waals surface area contributed by atoms with Crippen LogP contribution in [-0.2, 0) is 4.74 Å². The monoisotopic (exact) mass is 285 g/mol. The molecule has 0 radical (unpaired) electrons. The quantitative estimate of drug-likeness (QED) is 0.471. The van der Waals surface area contributed by atoms with Crippen molar-refractivity contribution in [2.24, 2.45) is 5.73 Å². The van der Waals surface area contributed by atoms with Gasteiger partial charge in [0.15, 0.2) is 0 Å². The van der Waals surface area contributed by atoms with Crippen LogP contribution in [0.3, 0.4) is 0 Å². The fourth-order valence-electron chi connectivity index (χ4n) is 1.43. The summed E-state index contributed by atoms with van der Waals surface area (Å²) in [4.78, 5) is 31.9. The zero-order valence-corrected chi connectivity index (χ0v) is 10.5. The number of non-ortho nitro benzene ring substituents is 1. The summed E-state index contributed by atoms with van der Waals surface area (Å²) in [5.41, 5.74) is 3.86. The number of carbonyl (C=O) groups is 2. The summed E-state index contributed by atoms with van der Waals surface area (Å²) in [6.45, 7) is 1.04. The molecule has 0 aliphatic heterocycles. The Kier molecular flexibility index (Phi) is 4.95. The number of nitro benzene ring substituents is 1. The Morgan fingerprint density at radius 2 is 2.15 bits per heavy atom. The zero-order valence-electron chi connectivity index (χ0n) is 10.5. The molecule has 1 aromatic rings. The number of hydrogen-bond acceptors (Lipinski definition) is 5. The van der Waals surface area contributed by atoms with Gasteiger partial charge in [-0.15, -0.1) is 0 Å². The fourth-order valence-corrected chi connectivity index (χ4v) is 1.43. The number of benzene rings is 1. The molecule has 0 aliphatic carbocycles. The number of hydrogen-bond donors (Lipinski definition) is 2. The maximum absolute atomic E-state index is 13.7. The number of rotatable bonds is 5. The molecule has 0 bridgehead atoms. The number of nitro groups is 1. The summed E-state index contributed by atoms with van der Waals surface area (Å²) < 4.78 is 18.1. The number of primary amides is 1. The first kappa shape index (κ1) is 15.3. The Morgan fingerprint density at radius 3 is 2.70 bits per heavy atom. The van der Waals surface area contributed by atoms with Crippen molar-refractivity contribution in [3.63, 3.8) is 0 Å². The van der Waals surface area contributed by atoms with E-state index in [1.165, 1.54) is 6.92 Å². The third kappa shape index (κ3) is 3.90. The summed E-state index contributed by atoms with van der Waals surface area (Å²) in [5, 5.41) is 12.9. The number of nitrogens with two attached hydrogens (primary N) is 1. The summed E-state index contributed by atoms with van der Waals surface area (Å²) >= 11 is 0. The van der Waals surface area contributed by atoms with Crippen LogP contribution in [-0.4, -0.2) is 30.1 Å². The van der Waals surface area contributed by atoms with Crippen LogP contribution >= 0.6 is 0 Å². The molecule has 1 aromatic carbocycles. The number of halogens is 1. The van der Waals surface area contributed by atoms with Gasteiger partial charge in [0.1, 0.15) is 12.4 Å². The predicted molar refractivity (Wildman–Crippen MR) is 65.7 cm³/mol. The van der Waals surface area contributed by atoms with Crippen LogP contribution in [0.5, 0.6) is 0 Å². The third-order valence-corrected chi connectivity index (χ3v) is 2.33. The molecule has 3 N–H and O–H groups in total. The summed E-state index contributed by atoms with van der Waals surface area (Å²) in [6.07, 6.45) is -1.00. The van der Waals surface area contributed by atoms with Crippen LogP contribution in [0.25, 0.3) is 0 Å². The minimum absolute atomic E-state index is 0.0160. The standard InChI is InChI=1S/C11H12FN3O5/c1-6-4-7(15(18)19)5-8(9(6)12)10(16)14-2-3-20-11(13)17/h4-5H,2-3H2,1H3,(H2,13,17)(H,14,16). The molecule has 8 nitrogen and oxygen atoms in total. The second kappa shape index (κ2) is 6.45. The van der Waals surface area contributed by atoms with Crippen LogP contribution in [0.1, 0.15) is 15.9 Å². The molecule has 0 saturated carbocycles. The van der Waals surface area contributed by atoms with Gasteiger partial charge < -0.3 is 15.8 Å². The first-order chi connectivity index (χ1) is 9.32. The van der Waals surface area contributed by atoms with Crippen molar-refractivity contribution in [3.8, 4) is 0 Å². The molecule has 0 spiro atoms. The van der Waals surface area contributed by atoms with Crippen molar-refractivity contribution in [1.82, 2.24) is 5.32 Å². The molecule has 2 amide bonds. The van der Waals surface area contributed by atoms with Crippen molar-refractivity contribution < 1.29 is 23.6 Å². The van der Waals surface area contributed by atoms with E-state index in [1.54, 1.807) is 0 Å². The Hall–Kier alpha value is -2.71. The van der Waals surface area contributed by atoms with Crippen molar-refractivity contribution >= 4 is 17.7 Å². The SMILES string of the molecule is Cc1cc([N+](=O)[O-])cc(C(=O)NCCOC(N)=O)c1F. The molecule has 0 unspecified atom stereocenters. The van der Waals surface area contributed by atoms with Gasteiger partial charge in [0.05, 0.1) is 17.0 Å². The Morgan fingerprint density at radius 1 is 1.50 bits per heavy atom. The highest BCUT2D eigenvalue weighted by atomic mass is 19.1. The van der Waals surface area contributed by atoms with Gasteiger partial charge >= 0.3 is 6.09 Å². The maximum Gasteiger partial charge on any atom is 0.404 e. The number of nitrogens with one attached hydrogen (secondary N) is 1. The van der Waals surface area contributed by atoms with Gasteiger partial charge in [-0.25, -0.2) is 9.18 Å². The zero-order chi connectivity index (χ0) is 15.3. The highest BCUT2D eigenvalue weighted by molar-refractivity contribution is 5.95. The molecule has 1 rings (SSSR count). The molecule has 0 fully saturated rings. The average molecular weight is 285 g/mol. The second-order valence-electron chi connectivity index (χ2n) is 3.80. The Balaban J connectivity index is 2.81. The van der Waals surface area contributed by atoms with Crippen LogP contribution < -0.4 is 11.1 Å². The van der Waals surface area contributed by atoms with Crippen LogP contribution in [0.4, 0.5) is 14.9 Å². The van der Waals surface area contributed by atoms with Gasteiger partial charge in [-0.1, -0.05) is 0 Å². The summed E-state index contributed by atoms with van der Waals surface area (Å²) in [6, 6.07) is 1.87. The first-order valence-corrected chi connectivity index (χ1v) is 5.48. The number of amides is 2. The molecular formula is C11H12FN3O5. The largest absolute Gasteiger partial charge is 0.448 e. The van der Waals surface area contributed by atoms with E-state index < -0.39 is 28.3 Å². The highest BCUT2D eigenvalue weighted by Crippen LogP contribution is 2.20. The van der Waals surface area contributed by atoms with Crippen LogP contribution in [0.15, 0.2) is 12.1 Å². The lowest BCUT2D eigenvalue weighted by Crippen LogP contribution is -2.29. The topological polar surface area (TPSA) is 125 Å². The highest BCUT2D eigenvalue weighted by Gasteiger charge is 2.19. The Labute approximate surface area is 112 Å². The lowest BCUT2D eigenvalue weighted by molar-refractivity contribution is -0.385. The molecule has 20 heavy (non-hydrogen) atoms. The van der Waals surface area contributed by atoms with E-state index in [-0.39, 0.29) is 24.4 Å². The summed E-state index contributed by atoms with van der Waals surface area (Å²) in [7, 11) is 0. The van der Waals surface area contributed by atoms with Crippen molar-refractivity contribution in [2.75, 3.05) is 13.2 Å². The number of aryl methyl sites for hydroxylation is 1. The molecule has 0 aromatic heterocycles. The molecular weight excluding hydrogens is 273 g/mol. The van der Waals surface area contributed by atoms with Crippen LogP contribution in [0.2, 0.25) is 0 Å². The van der Waals surface area contributed by atoms with Gasteiger partial charge in [0.2, 0.25) is 0 Å². The summed E-state index contributed by atoms with van der Waals surface area (Å²) in [5.74, 6) is -1.69. The predicted octanol–water partition coefficient (Wildman–Crippen LogP) is 0.867. The van der Waals surface area contributed by atoms with Crippen LogP contribution in [0, 0.1) is 22.9 Å². The molecule has 9 heteroatoms. The molecule has 0 heterocycles. The normalized spacial score (nSPS) is 9.90. The third-order valence-electron chi connectivity index (χ3n) is 2.33. The van der Waals surface area contributed by atoms with Gasteiger partial charge in [-0.2, -0.15) is 0 Å². The number of ether oxygens (including phenoxy) is 1.